The van der Waals surface area contributed by atoms with Crippen LogP contribution in [0.3, 0.4) is 0 Å². The van der Waals surface area contributed by atoms with Gasteiger partial charge in [0, 0.05) is 0 Å². The number of ketones is 1. The van der Waals surface area contributed by atoms with E-state index >= 15 is 0 Å². The number of allylic oxidation sites excluding steroid dienone is 5. The first-order valence-electron chi connectivity index (χ1n) is 10.6. The molecule has 168 valence electrons. The molecular formula is C26H24BrN3O3. The first-order valence-corrected chi connectivity index (χ1v) is 10.6. The number of para-hydroxylation sites is 2. The van der Waals surface area contributed by atoms with E-state index < -0.39 is 0 Å². The van der Waals surface area contributed by atoms with Crippen molar-refractivity contribution in [2.45, 2.75) is 25.9 Å². The van der Waals surface area contributed by atoms with E-state index in [0.717, 1.165) is 35.0 Å². The third kappa shape index (κ3) is 4.64. The third-order valence-corrected chi connectivity index (χ3v) is 5.64. The summed E-state index contributed by atoms with van der Waals surface area (Å²) in [4.78, 5) is 13.1. The van der Waals surface area contributed by atoms with Crippen LogP contribution in [0.25, 0.3) is 11.0 Å². The lowest BCUT2D eigenvalue weighted by molar-refractivity contribution is -0.119. The molecule has 0 saturated carbocycles. The van der Waals surface area contributed by atoms with E-state index in [9.17, 15) is 4.79 Å². The number of nitrogens with one attached hydrogen (secondary N) is 1. The summed E-state index contributed by atoms with van der Waals surface area (Å²) in [5.41, 5.74) is 4.09. The van der Waals surface area contributed by atoms with Gasteiger partial charge in [-0.25, -0.2) is 0 Å². The number of ether oxygens (including phenoxy) is 2. The van der Waals surface area contributed by atoms with Crippen molar-refractivity contribution >= 4 is 33.8 Å². The van der Waals surface area contributed by atoms with Crippen LogP contribution >= 0.6 is 17.0 Å². The number of imidazole rings is 1. The predicted octanol–water partition coefficient (Wildman–Crippen LogP) is 5.12. The number of halogens is 1. The van der Waals surface area contributed by atoms with Crippen molar-refractivity contribution < 1.29 is 14.3 Å². The fourth-order valence-corrected chi connectivity index (χ4v) is 4.00. The number of benzene rings is 2. The zero-order valence-corrected chi connectivity index (χ0v) is 19.7. The third-order valence-electron chi connectivity index (χ3n) is 5.64. The molecule has 6 nitrogen and oxygen atoms in total. The zero-order valence-electron chi connectivity index (χ0n) is 17.9. The van der Waals surface area contributed by atoms with Crippen molar-refractivity contribution in [3.8, 4) is 0 Å². The summed E-state index contributed by atoms with van der Waals surface area (Å²) < 4.78 is 14.9. The summed E-state index contributed by atoms with van der Waals surface area (Å²) in [6.07, 6.45) is 10.7. The molecule has 1 aliphatic heterocycles. The van der Waals surface area contributed by atoms with Gasteiger partial charge in [0.25, 0.3) is 0 Å². The van der Waals surface area contributed by atoms with Gasteiger partial charge in [-0.05, 0) is 36.1 Å². The Kier molecular flexibility index (Phi) is 6.79. The van der Waals surface area contributed by atoms with Crippen LogP contribution in [0.2, 0.25) is 0 Å². The highest BCUT2D eigenvalue weighted by Crippen LogP contribution is 2.26. The fraction of sp³-hybridized carbons (Fsp3) is 0.154. The Morgan fingerprint density at radius 3 is 2.42 bits per heavy atom. The molecule has 2 aromatic carbocycles. The second-order valence-corrected chi connectivity index (χ2v) is 7.75. The minimum absolute atomic E-state index is 0. The first-order chi connectivity index (χ1) is 15.7. The van der Waals surface area contributed by atoms with Crippen LogP contribution in [0.1, 0.15) is 18.4 Å². The Balaban J connectivity index is 0.00000259. The molecule has 0 atom stereocenters. The maximum Gasteiger partial charge on any atom is 0.220 e. The van der Waals surface area contributed by atoms with Gasteiger partial charge in [-0.15, -0.1) is 17.0 Å². The van der Waals surface area contributed by atoms with Gasteiger partial charge < -0.3 is 18.6 Å². The van der Waals surface area contributed by atoms with Crippen LogP contribution in [0.5, 0.6) is 0 Å². The number of aromatic nitrogens is 2. The molecule has 0 amide bonds. The van der Waals surface area contributed by atoms with Crippen molar-refractivity contribution in [1.29, 1.82) is 5.41 Å². The highest BCUT2D eigenvalue weighted by Gasteiger charge is 2.22. The van der Waals surface area contributed by atoms with E-state index in [1.54, 1.807) is 4.57 Å². The smallest absolute Gasteiger partial charge is 0.220 e. The van der Waals surface area contributed by atoms with Crippen molar-refractivity contribution in [2.75, 3.05) is 0 Å². The molecule has 33 heavy (non-hydrogen) atoms. The van der Waals surface area contributed by atoms with Crippen molar-refractivity contribution in [3.05, 3.63) is 114 Å². The van der Waals surface area contributed by atoms with E-state index in [-0.39, 0.29) is 40.7 Å². The van der Waals surface area contributed by atoms with Crippen LogP contribution in [0, 0.1) is 5.41 Å². The largest absolute Gasteiger partial charge is 0.465 e. The van der Waals surface area contributed by atoms with Crippen LogP contribution < -0.4 is 5.62 Å². The van der Waals surface area contributed by atoms with Crippen LogP contribution in [0.4, 0.5) is 0 Å². The number of rotatable bonds is 6. The minimum Gasteiger partial charge on any atom is -0.465 e. The number of Topliss-reactive ketones (excluding diaryl/α,β-unsaturated/α-hetero) is 1. The molecule has 5 rings (SSSR count). The molecule has 7 heteroatoms. The van der Waals surface area contributed by atoms with Crippen LogP contribution in [0.15, 0.2) is 102 Å². The normalized spacial score (nSPS) is 15.0. The minimum atomic E-state index is -0.247. The van der Waals surface area contributed by atoms with Gasteiger partial charge in [0.2, 0.25) is 17.2 Å². The molecule has 2 aliphatic rings. The molecule has 0 fully saturated rings. The first kappa shape index (κ1) is 22.6. The average molecular weight is 506 g/mol. The lowest BCUT2D eigenvalue weighted by Crippen LogP contribution is -2.28. The summed E-state index contributed by atoms with van der Waals surface area (Å²) in [5.74, 6) is 0.455. The standard InChI is InChI=1S/C26H23N3O3.BrH/c27-26-28(15-19-9-3-1-4-10-19)21-13-7-8-14-22(21)29(26)16-23(30)25-18-31-17-24(32-25)20-11-5-2-6-12-20;/h1-5,7-11,13-14,17-18,27H,6,12,15-16H2;1H. The fourth-order valence-electron chi connectivity index (χ4n) is 4.00. The Labute approximate surface area is 202 Å². The van der Waals surface area contributed by atoms with Gasteiger partial charge in [-0.1, -0.05) is 60.7 Å². The molecule has 2 heterocycles. The maximum absolute atomic E-state index is 13.1. The summed E-state index contributed by atoms with van der Waals surface area (Å²) in [6, 6.07) is 17.8. The Morgan fingerprint density at radius 1 is 0.970 bits per heavy atom. The number of hydrogen-bond donors (Lipinski definition) is 1. The lowest BCUT2D eigenvalue weighted by Gasteiger charge is -2.19. The number of hydrogen-bond acceptors (Lipinski definition) is 4. The molecule has 0 unspecified atom stereocenters. The van der Waals surface area contributed by atoms with Gasteiger partial charge in [0.15, 0.2) is 5.76 Å². The topological polar surface area (TPSA) is 69.2 Å². The molecule has 1 aromatic heterocycles. The Morgan fingerprint density at radius 2 is 1.70 bits per heavy atom. The van der Waals surface area contributed by atoms with Crippen molar-refractivity contribution in [3.63, 3.8) is 0 Å². The quantitative estimate of drug-likeness (QED) is 0.505. The summed E-state index contributed by atoms with van der Waals surface area (Å²) in [6.45, 7) is 0.542. The average Bonchev–Trinajstić information content (AvgIpc) is 3.11. The molecule has 3 aromatic rings. The molecule has 0 spiro atoms. The van der Waals surface area contributed by atoms with Gasteiger partial charge in [0.1, 0.15) is 12.5 Å². The second kappa shape index (κ2) is 9.92. The number of fused-ring (bicyclic) bond motifs is 1. The molecular weight excluding hydrogens is 482 g/mol. The summed E-state index contributed by atoms with van der Waals surface area (Å²) >= 11 is 0. The van der Waals surface area contributed by atoms with Crippen molar-refractivity contribution in [2.24, 2.45) is 0 Å². The maximum atomic E-state index is 13.1. The van der Waals surface area contributed by atoms with E-state index in [1.807, 2.05) is 71.3 Å². The zero-order chi connectivity index (χ0) is 21.9. The van der Waals surface area contributed by atoms with Gasteiger partial charge in [-0.2, -0.15) is 0 Å². The number of carbonyl (C=O) groups is 1. The predicted molar refractivity (Wildman–Crippen MR) is 131 cm³/mol. The lowest BCUT2D eigenvalue weighted by atomic mass is 10.0. The number of carbonyl (C=O) groups excluding carboxylic acids is 1. The molecule has 0 saturated heterocycles. The Bertz CT molecular complexity index is 1360. The SMILES string of the molecule is Br.N=c1n(CC(=O)C2=COC=C(C3=CC=CCC3)O2)c2ccccc2n1Cc1ccccc1. The van der Waals surface area contributed by atoms with Crippen molar-refractivity contribution in [1.82, 2.24) is 9.13 Å². The van der Waals surface area contributed by atoms with Gasteiger partial charge in [0.05, 0.1) is 24.1 Å². The number of nitrogens with zero attached hydrogens (tertiary/aromatic N) is 2. The molecule has 1 aliphatic carbocycles. The van der Waals surface area contributed by atoms with E-state index in [4.69, 9.17) is 14.9 Å². The van der Waals surface area contributed by atoms with E-state index in [2.05, 4.69) is 6.08 Å². The van der Waals surface area contributed by atoms with Crippen LogP contribution in [-0.4, -0.2) is 14.9 Å². The molecule has 0 radical (unpaired) electrons. The highest BCUT2D eigenvalue weighted by atomic mass is 79.9. The van der Waals surface area contributed by atoms with Gasteiger partial charge in [-0.3, -0.25) is 10.2 Å². The van der Waals surface area contributed by atoms with Gasteiger partial charge >= 0.3 is 0 Å². The van der Waals surface area contributed by atoms with E-state index in [0.29, 0.717) is 12.3 Å². The summed E-state index contributed by atoms with van der Waals surface area (Å²) in [7, 11) is 0. The second-order valence-electron chi connectivity index (χ2n) is 7.75. The van der Waals surface area contributed by atoms with Crippen LogP contribution in [-0.2, 0) is 27.4 Å². The highest BCUT2D eigenvalue weighted by molar-refractivity contribution is 8.93. The molecule has 1 N–H and O–H groups in total. The Hall–Kier alpha value is -3.58. The monoisotopic (exact) mass is 505 g/mol. The summed E-state index contributed by atoms with van der Waals surface area (Å²) in [5, 5.41) is 8.79. The molecule has 0 bridgehead atoms. The van der Waals surface area contributed by atoms with E-state index in [1.165, 1.54) is 12.5 Å².